The lowest BCUT2D eigenvalue weighted by Crippen LogP contribution is -2.01. The predicted octanol–water partition coefficient (Wildman–Crippen LogP) is 6.23. The average molecular weight is 350 g/mol. The van der Waals surface area contributed by atoms with Gasteiger partial charge in [-0.3, -0.25) is 0 Å². The molecule has 25 heavy (non-hydrogen) atoms. The second kappa shape index (κ2) is 15.1. The Kier molecular flexibility index (Phi) is 13.2. The van der Waals surface area contributed by atoms with Crippen molar-refractivity contribution in [1.82, 2.24) is 0 Å². The van der Waals surface area contributed by atoms with Crippen molar-refractivity contribution in [3.8, 4) is 11.5 Å². The van der Waals surface area contributed by atoms with Crippen LogP contribution >= 0.6 is 0 Å². The Hall–Kier alpha value is -1.22. The summed E-state index contributed by atoms with van der Waals surface area (Å²) in [7, 11) is 1.67. The van der Waals surface area contributed by atoms with E-state index in [1.54, 1.807) is 7.11 Å². The van der Waals surface area contributed by atoms with E-state index in [2.05, 4.69) is 6.92 Å². The fourth-order valence-electron chi connectivity index (χ4n) is 3.08. The summed E-state index contributed by atoms with van der Waals surface area (Å²) in [5.41, 5.74) is 6.75. The maximum atomic E-state index is 5.85. The number of methoxy groups -OCH3 is 1. The fraction of sp³-hybridized carbons (Fsp3) is 0.727. The molecule has 1 aromatic carbocycles. The second-order valence-corrected chi connectivity index (χ2v) is 6.96. The van der Waals surface area contributed by atoms with Gasteiger partial charge < -0.3 is 15.2 Å². The van der Waals surface area contributed by atoms with E-state index < -0.39 is 0 Å². The topological polar surface area (TPSA) is 44.5 Å². The van der Waals surface area contributed by atoms with E-state index in [-0.39, 0.29) is 0 Å². The van der Waals surface area contributed by atoms with E-state index in [1.807, 2.05) is 18.2 Å². The van der Waals surface area contributed by atoms with E-state index in [0.717, 1.165) is 30.1 Å². The van der Waals surface area contributed by atoms with Gasteiger partial charge in [-0.25, -0.2) is 0 Å². The van der Waals surface area contributed by atoms with Gasteiger partial charge in [-0.2, -0.15) is 0 Å². The van der Waals surface area contributed by atoms with Gasteiger partial charge >= 0.3 is 0 Å². The smallest absolute Gasteiger partial charge is 0.123 e. The van der Waals surface area contributed by atoms with Gasteiger partial charge in [0, 0.05) is 12.6 Å². The van der Waals surface area contributed by atoms with Gasteiger partial charge in [0.25, 0.3) is 0 Å². The molecule has 0 saturated heterocycles. The maximum Gasteiger partial charge on any atom is 0.123 e. The number of hydrogen-bond acceptors (Lipinski definition) is 3. The van der Waals surface area contributed by atoms with Crippen molar-refractivity contribution in [2.75, 3.05) is 13.7 Å². The van der Waals surface area contributed by atoms with Gasteiger partial charge in [0.1, 0.15) is 11.5 Å². The Morgan fingerprint density at radius 1 is 0.720 bits per heavy atom. The molecule has 0 atom stereocenters. The van der Waals surface area contributed by atoms with Gasteiger partial charge in [-0.05, 0) is 24.1 Å². The standard InChI is InChI=1S/C22H39NO2/c1-3-4-5-6-7-8-9-10-11-12-13-14-15-25-22-17-20(19-23)16-21(18-22)24-2/h16-18H,3-15,19,23H2,1-2H3. The van der Waals surface area contributed by atoms with Crippen molar-refractivity contribution in [3.63, 3.8) is 0 Å². The van der Waals surface area contributed by atoms with Crippen LogP contribution in [0, 0.1) is 0 Å². The molecule has 2 N–H and O–H groups in total. The van der Waals surface area contributed by atoms with Crippen LogP contribution < -0.4 is 15.2 Å². The van der Waals surface area contributed by atoms with Crippen molar-refractivity contribution in [1.29, 1.82) is 0 Å². The molecular weight excluding hydrogens is 310 g/mol. The summed E-state index contributed by atoms with van der Waals surface area (Å²) in [6.07, 6.45) is 16.3. The molecule has 0 fully saturated rings. The molecule has 1 rings (SSSR count). The summed E-state index contributed by atoms with van der Waals surface area (Å²) in [6.45, 7) is 3.56. The number of hydrogen-bond donors (Lipinski definition) is 1. The van der Waals surface area contributed by atoms with Crippen LogP contribution in [0.25, 0.3) is 0 Å². The van der Waals surface area contributed by atoms with E-state index in [0.29, 0.717) is 6.54 Å². The highest BCUT2D eigenvalue weighted by Gasteiger charge is 2.01. The number of unbranched alkanes of at least 4 members (excludes halogenated alkanes) is 11. The normalized spacial score (nSPS) is 10.8. The van der Waals surface area contributed by atoms with Gasteiger partial charge in [0.05, 0.1) is 13.7 Å². The van der Waals surface area contributed by atoms with Crippen LogP contribution in [0.5, 0.6) is 11.5 Å². The molecule has 3 heteroatoms. The molecule has 0 bridgehead atoms. The molecule has 0 spiro atoms. The molecule has 0 radical (unpaired) electrons. The summed E-state index contributed by atoms with van der Waals surface area (Å²) in [4.78, 5) is 0. The third-order valence-electron chi connectivity index (χ3n) is 4.68. The molecule has 0 heterocycles. The Balaban J connectivity index is 1.97. The zero-order chi connectivity index (χ0) is 18.2. The largest absolute Gasteiger partial charge is 0.497 e. The predicted molar refractivity (Wildman–Crippen MR) is 107 cm³/mol. The molecule has 0 unspecified atom stereocenters. The van der Waals surface area contributed by atoms with Crippen LogP contribution in [-0.2, 0) is 6.54 Å². The highest BCUT2D eigenvalue weighted by atomic mass is 16.5. The Labute approximate surface area is 155 Å². The molecule has 3 nitrogen and oxygen atoms in total. The van der Waals surface area contributed by atoms with Crippen LogP contribution in [0.1, 0.15) is 89.5 Å². The number of nitrogens with two attached hydrogens (primary N) is 1. The lowest BCUT2D eigenvalue weighted by Gasteiger charge is -2.10. The Morgan fingerprint density at radius 2 is 1.24 bits per heavy atom. The molecule has 1 aromatic rings. The average Bonchev–Trinajstić information content (AvgIpc) is 2.65. The van der Waals surface area contributed by atoms with E-state index in [9.17, 15) is 0 Å². The molecule has 0 aliphatic heterocycles. The molecule has 0 aliphatic rings. The minimum atomic E-state index is 0.506. The van der Waals surface area contributed by atoms with Crippen LogP contribution in [0.4, 0.5) is 0 Å². The minimum Gasteiger partial charge on any atom is -0.497 e. The van der Waals surface area contributed by atoms with Gasteiger partial charge in [-0.15, -0.1) is 0 Å². The van der Waals surface area contributed by atoms with E-state index in [4.69, 9.17) is 15.2 Å². The first kappa shape index (κ1) is 21.8. The molecule has 144 valence electrons. The fourth-order valence-corrected chi connectivity index (χ4v) is 3.08. The molecule has 0 aliphatic carbocycles. The van der Waals surface area contributed by atoms with Gasteiger partial charge in [0.2, 0.25) is 0 Å². The number of ether oxygens (including phenoxy) is 2. The molecule has 0 saturated carbocycles. The van der Waals surface area contributed by atoms with Gasteiger partial charge in [0.15, 0.2) is 0 Å². The molecule has 0 amide bonds. The summed E-state index contributed by atoms with van der Waals surface area (Å²) in [6, 6.07) is 5.89. The zero-order valence-electron chi connectivity index (χ0n) is 16.5. The lowest BCUT2D eigenvalue weighted by atomic mass is 10.1. The van der Waals surface area contributed by atoms with Gasteiger partial charge in [-0.1, -0.05) is 77.6 Å². The zero-order valence-corrected chi connectivity index (χ0v) is 16.5. The summed E-state index contributed by atoms with van der Waals surface area (Å²) in [5.74, 6) is 1.68. The first-order chi connectivity index (χ1) is 12.3. The molecule has 0 aromatic heterocycles. The van der Waals surface area contributed by atoms with E-state index >= 15 is 0 Å². The van der Waals surface area contributed by atoms with Crippen LogP contribution in [0.15, 0.2) is 18.2 Å². The number of benzene rings is 1. The van der Waals surface area contributed by atoms with Crippen molar-refractivity contribution in [2.24, 2.45) is 5.73 Å². The highest BCUT2D eigenvalue weighted by Crippen LogP contribution is 2.23. The minimum absolute atomic E-state index is 0.506. The Morgan fingerprint density at radius 3 is 1.76 bits per heavy atom. The summed E-state index contributed by atoms with van der Waals surface area (Å²) in [5, 5.41) is 0. The highest BCUT2D eigenvalue weighted by molar-refractivity contribution is 5.38. The lowest BCUT2D eigenvalue weighted by molar-refractivity contribution is 0.301. The quantitative estimate of drug-likeness (QED) is 0.360. The third kappa shape index (κ3) is 11.1. The summed E-state index contributed by atoms with van der Waals surface area (Å²) < 4.78 is 11.1. The SMILES string of the molecule is CCCCCCCCCCCCCCOc1cc(CN)cc(OC)c1. The maximum absolute atomic E-state index is 5.85. The van der Waals surface area contributed by atoms with Crippen molar-refractivity contribution >= 4 is 0 Å². The van der Waals surface area contributed by atoms with Crippen molar-refractivity contribution < 1.29 is 9.47 Å². The van der Waals surface area contributed by atoms with Crippen LogP contribution in [0.3, 0.4) is 0 Å². The van der Waals surface area contributed by atoms with Crippen molar-refractivity contribution in [3.05, 3.63) is 23.8 Å². The van der Waals surface area contributed by atoms with E-state index in [1.165, 1.54) is 70.6 Å². The third-order valence-corrected chi connectivity index (χ3v) is 4.68. The monoisotopic (exact) mass is 349 g/mol. The summed E-state index contributed by atoms with van der Waals surface area (Å²) >= 11 is 0. The van der Waals surface area contributed by atoms with Crippen molar-refractivity contribution in [2.45, 2.75) is 90.5 Å². The Bertz CT molecular complexity index is 412. The first-order valence-corrected chi connectivity index (χ1v) is 10.3. The van der Waals surface area contributed by atoms with Crippen LogP contribution in [0.2, 0.25) is 0 Å². The molecular formula is C22H39NO2. The second-order valence-electron chi connectivity index (χ2n) is 6.96. The van der Waals surface area contributed by atoms with Crippen LogP contribution in [-0.4, -0.2) is 13.7 Å². The first-order valence-electron chi connectivity index (χ1n) is 10.3. The number of rotatable bonds is 16.